The van der Waals surface area contributed by atoms with E-state index in [-0.39, 0.29) is 11.0 Å². The summed E-state index contributed by atoms with van der Waals surface area (Å²) >= 11 is 0. The molecule has 0 spiro atoms. The van der Waals surface area contributed by atoms with Gasteiger partial charge in [-0.2, -0.15) is 0 Å². The quantitative estimate of drug-likeness (QED) is 0.456. The zero-order chi connectivity index (χ0) is 23.8. The summed E-state index contributed by atoms with van der Waals surface area (Å²) in [6, 6.07) is 10.8. The van der Waals surface area contributed by atoms with E-state index < -0.39 is 5.97 Å². The molecule has 3 heterocycles. The van der Waals surface area contributed by atoms with E-state index in [1.165, 1.54) is 11.3 Å². The first kappa shape index (κ1) is 21.1. The number of aromatic nitrogens is 2. The Morgan fingerprint density at radius 1 is 1.06 bits per heavy atom. The molecular weight excluding hydrogens is 438 g/mol. The van der Waals surface area contributed by atoms with Gasteiger partial charge < -0.3 is 26.0 Å². The third-order valence-electron chi connectivity index (χ3n) is 8.83. The van der Waals surface area contributed by atoms with Crippen LogP contribution in [0.1, 0.15) is 52.9 Å². The molecular formula is C28H31N5O2. The fraction of sp³-hybridized carbons (Fsp3) is 0.429. The number of rotatable bonds is 5. The number of nitrogens with two attached hydrogens (primary N) is 1. The molecule has 0 amide bonds. The highest BCUT2D eigenvalue weighted by atomic mass is 16.4. The molecule has 0 atom stereocenters. The molecule has 35 heavy (non-hydrogen) atoms. The molecule has 2 saturated carbocycles. The Bertz CT molecular complexity index is 1330. The number of H-pyrrole nitrogens is 1. The number of anilines is 1. The van der Waals surface area contributed by atoms with E-state index in [9.17, 15) is 9.90 Å². The molecule has 180 valence electrons. The highest BCUT2D eigenvalue weighted by Gasteiger charge is 2.66. The van der Waals surface area contributed by atoms with Crippen molar-refractivity contribution < 1.29 is 9.90 Å². The van der Waals surface area contributed by atoms with Gasteiger partial charge in [0.1, 0.15) is 0 Å². The summed E-state index contributed by atoms with van der Waals surface area (Å²) in [5.41, 5.74) is 14.9. The van der Waals surface area contributed by atoms with Crippen molar-refractivity contribution in [3.05, 3.63) is 58.9 Å². The van der Waals surface area contributed by atoms with Gasteiger partial charge in [0.05, 0.1) is 17.0 Å². The van der Waals surface area contributed by atoms with E-state index in [1.54, 1.807) is 0 Å². The second kappa shape index (κ2) is 7.42. The summed E-state index contributed by atoms with van der Waals surface area (Å²) in [5.74, 6) is -0.839. The van der Waals surface area contributed by atoms with Crippen LogP contribution in [0.5, 0.6) is 0 Å². The molecule has 0 bridgehead atoms. The lowest BCUT2D eigenvalue weighted by Gasteiger charge is -2.29. The zero-order valence-electron chi connectivity index (χ0n) is 19.9. The van der Waals surface area contributed by atoms with Gasteiger partial charge in [-0.05, 0) is 67.9 Å². The second-order valence-electron chi connectivity index (χ2n) is 10.8. The monoisotopic (exact) mass is 469 g/mol. The number of benzene rings is 1. The van der Waals surface area contributed by atoms with Crippen LogP contribution in [-0.2, 0) is 18.3 Å². The molecule has 1 aromatic carbocycles. The normalized spacial score (nSPS) is 21.2. The maximum atomic E-state index is 12.5. The lowest BCUT2D eigenvalue weighted by molar-refractivity contribution is 0.0693. The van der Waals surface area contributed by atoms with Gasteiger partial charge in [0.25, 0.3) is 0 Å². The van der Waals surface area contributed by atoms with Crippen LogP contribution in [-0.4, -0.2) is 52.8 Å². The molecule has 3 aromatic rings. The minimum absolute atomic E-state index is 0.201. The molecule has 5 N–H and O–H groups in total. The first-order chi connectivity index (χ1) is 17.0. The first-order valence-electron chi connectivity index (χ1n) is 12.8. The summed E-state index contributed by atoms with van der Waals surface area (Å²) in [6.45, 7) is 4.07. The Morgan fingerprint density at radius 3 is 2.46 bits per heavy atom. The van der Waals surface area contributed by atoms with Crippen LogP contribution in [0.15, 0.2) is 36.5 Å². The van der Waals surface area contributed by atoms with Crippen molar-refractivity contribution in [1.82, 2.24) is 15.3 Å². The molecule has 7 rings (SSSR count). The molecule has 0 radical (unpaired) electrons. The van der Waals surface area contributed by atoms with Gasteiger partial charge in [-0.15, -0.1) is 0 Å². The lowest BCUT2D eigenvalue weighted by atomic mass is 9.85. The number of hydrogen-bond acceptors (Lipinski definition) is 5. The maximum Gasteiger partial charge on any atom is 0.337 e. The Labute approximate surface area is 204 Å². The maximum absolute atomic E-state index is 12.5. The van der Waals surface area contributed by atoms with Gasteiger partial charge in [-0.1, -0.05) is 12.1 Å². The Kier molecular flexibility index (Phi) is 4.48. The number of carbonyl (C=O) groups is 1. The van der Waals surface area contributed by atoms with E-state index in [4.69, 9.17) is 10.7 Å². The topological polar surface area (TPSA) is 107 Å². The molecule has 0 unspecified atom stereocenters. The number of aryl methyl sites for hydroxylation is 1. The number of nitrogens with one attached hydrogen (secondary N) is 2. The van der Waals surface area contributed by atoms with Gasteiger partial charge >= 0.3 is 5.97 Å². The van der Waals surface area contributed by atoms with E-state index in [1.807, 2.05) is 6.20 Å². The smallest absolute Gasteiger partial charge is 0.337 e. The predicted octanol–water partition coefficient (Wildman–Crippen LogP) is 3.47. The number of hydrogen-bond donors (Lipinski definition) is 4. The molecule has 7 nitrogen and oxygen atoms in total. The fourth-order valence-electron chi connectivity index (χ4n) is 6.45. The average molecular weight is 470 g/mol. The number of pyridine rings is 1. The van der Waals surface area contributed by atoms with Crippen LogP contribution in [0.3, 0.4) is 0 Å². The molecule has 7 heteroatoms. The Morgan fingerprint density at radius 2 is 1.80 bits per heavy atom. The van der Waals surface area contributed by atoms with Crippen LogP contribution in [0.25, 0.3) is 22.5 Å². The van der Waals surface area contributed by atoms with E-state index in [0.717, 1.165) is 92.1 Å². The standard InChI is InChI=1S/C28H31N5O2/c29-28(9-10-28)27(7-8-27)25-23(26(34)35)20-6-3-18-16-31-22(15-21(18)24(20)32-25)17-1-4-19(5-2-17)33-13-11-30-12-14-33/h1-2,4-5,15-16,30,32H,3,6-14,29H2,(H,34,35). The molecule has 4 aliphatic rings. The first-order valence-corrected chi connectivity index (χ1v) is 12.8. The highest BCUT2D eigenvalue weighted by Crippen LogP contribution is 2.64. The van der Waals surface area contributed by atoms with Crippen molar-refractivity contribution in [2.75, 3.05) is 31.1 Å². The largest absolute Gasteiger partial charge is 0.478 e. The average Bonchev–Trinajstić information content (AvgIpc) is 3.81. The summed E-state index contributed by atoms with van der Waals surface area (Å²) in [7, 11) is 0. The second-order valence-corrected chi connectivity index (χ2v) is 10.8. The van der Waals surface area contributed by atoms with Gasteiger partial charge in [0.15, 0.2) is 0 Å². The Hall–Kier alpha value is -3.16. The molecule has 2 aromatic heterocycles. The van der Waals surface area contributed by atoms with E-state index in [2.05, 4.69) is 45.5 Å². The van der Waals surface area contributed by atoms with Gasteiger partial charge in [0, 0.05) is 65.8 Å². The number of carboxylic acid groups (broad SMARTS) is 1. The van der Waals surface area contributed by atoms with Crippen molar-refractivity contribution in [1.29, 1.82) is 0 Å². The summed E-state index contributed by atoms with van der Waals surface area (Å²) in [6.07, 6.45) is 7.38. The van der Waals surface area contributed by atoms with Crippen molar-refractivity contribution in [2.45, 2.75) is 49.5 Å². The van der Waals surface area contributed by atoms with E-state index in [0.29, 0.717) is 12.0 Å². The van der Waals surface area contributed by atoms with Gasteiger partial charge in [0.2, 0.25) is 0 Å². The van der Waals surface area contributed by atoms with Crippen LogP contribution in [0.2, 0.25) is 0 Å². The number of aromatic amines is 1. The lowest BCUT2D eigenvalue weighted by Crippen LogP contribution is -2.43. The minimum Gasteiger partial charge on any atom is -0.478 e. The van der Waals surface area contributed by atoms with Crippen LogP contribution in [0.4, 0.5) is 5.69 Å². The number of fused-ring (bicyclic) bond motifs is 3. The summed E-state index contributed by atoms with van der Waals surface area (Å²) in [4.78, 5) is 23.3. The van der Waals surface area contributed by atoms with Gasteiger partial charge in [-0.25, -0.2) is 4.79 Å². The third kappa shape index (κ3) is 3.18. The zero-order valence-corrected chi connectivity index (χ0v) is 19.9. The molecule has 3 aliphatic carbocycles. The van der Waals surface area contributed by atoms with Crippen molar-refractivity contribution in [3.63, 3.8) is 0 Å². The number of aromatic carboxylic acids is 1. The van der Waals surface area contributed by atoms with Gasteiger partial charge in [-0.3, -0.25) is 4.98 Å². The molecule has 1 saturated heterocycles. The van der Waals surface area contributed by atoms with Crippen molar-refractivity contribution in [3.8, 4) is 22.5 Å². The predicted molar refractivity (Wildman–Crippen MR) is 136 cm³/mol. The minimum atomic E-state index is -0.839. The Balaban J connectivity index is 1.28. The van der Waals surface area contributed by atoms with Crippen LogP contribution >= 0.6 is 0 Å². The fourth-order valence-corrected chi connectivity index (χ4v) is 6.45. The number of piperazine rings is 1. The summed E-state index contributed by atoms with van der Waals surface area (Å²) < 4.78 is 0. The molecule has 3 fully saturated rings. The van der Waals surface area contributed by atoms with Crippen LogP contribution in [0, 0.1) is 0 Å². The third-order valence-corrected chi connectivity index (χ3v) is 8.83. The molecule has 1 aliphatic heterocycles. The highest BCUT2D eigenvalue weighted by molar-refractivity contribution is 5.95. The van der Waals surface area contributed by atoms with Crippen LogP contribution < -0.4 is 16.0 Å². The van der Waals surface area contributed by atoms with Crippen molar-refractivity contribution in [2.24, 2.45) is 5.73 Å². The number of carboxylic acids is 1. The number of nitrogens with zero attached hydrogens (tertiary/aromatic N) is 2. The van der Waals surface area contributed by atoms with E-state index >= 15 is 0 Å². The SMILES string of the molecule is NC1(C2(c3[nH]c4c(c3C(=O)O)CCc3cnc(-c5ccc(N6CCNCC6)cc5)cc3-4)CC2)CC1. The summed E-state index contributed by atoms with van der Waals surface area (Å²) in [5, 5.41) is 13.6. The van der Waals surface area contributed by atoms with Crippen molar-refractivity contribution >= 4 is 11.7 Å².